The maximum Gasteiger partial charge on any atom is 0.105 e. The normalized spacial score (nSPS) is 15.7. The molecule has 1 aliphatic rings. The summed E-state index contributed by atoms with van der Waals surface area (Å²) in [5.41, 5.74) is 10.1. The number of hydrogen-bond acceptors (Lipinski definition) is 5. The Balaban J connectivity index is 0.855. The number of nitrogens with zero attached hydrogens (tertiary/aromatic N) is 1. The van der Waals surface area contributed by atoms with Gasteiger partial charge in [0.1, 0.15) is 6.17 Å². The Morgan fingerprint density at radius 1 is 0.397 bits per heavy atom. The van der Waals surface area contributed by atoms with Gasteiger partial charge in [-0.15, -0.1) is 34.0 Å². The third kappa shape index (κ3) is 4.93. The van der Waals surface area contributed by atoms with Crippen molar-refractivity contribution in [3.8, 4) is 16.8 Å². The van der Waals surface area contributed by atoms with Crippen LogP contribution in [0.25, 0.3) is 89.1 Å². The van der Waals surface area contributed by atoms with E-state index in [0.717, 1.165) is 0 Å². The Morgan fingerprint density at radius 3 is 1.83 bits per heavy atom. The first-order valence-corrected chi connectivity index (χ1v) is 22.2. The zero-order chi connectivity index (χ0) is 37.9. The standard InChI is InChI=1S/C52H33N3S3/c1-2-10-30(11-3-1)50-49-40-14-6-9-17-44(40)58-52(49)54-51(53-50)33-19-23-39-41-26-31(20-25-45(41)56-47(39)28-33)32-18-22-37-38-24-21-34(29-48(38)57-46(37)27-32)55-42-15-7-4-12-35(42)36-13-5-8-16-43(36)55/h1-29,50-51,53-54H. The average Bonchev–Trinajstić information content (AvgIpc) is 4.04. The van der Waals surface area contributed by atoms with Gasteiger partial charge in [0.05, 0.1) is 22.1 Å². The van der Waals surface area contributed by atoms with Crippen LogP contribution in [0.15, 0.2) is 176 Å². The molecule has 0 spiro atoms. The summed E-state index contributed by atoms with van der Waals surface area (Å²) in [6, 6.07) is 65.2. The monoisotopic (exact) mass is 795 g/mol. The molecule has 0 amide bonds. The first-order chi connectivity index (χ1) is 28.7. The summed E-state index contributed by atoms with van der Waals surface area (Å²) in [5, 5.41) is 18.3. The second-order valence-electron chi connectivity index (χ2n) is 15.4. The van der Waals surface area contributed by atoms with E-state index < -0.39 is 0 Å². The lowest BCUT2D eigenvalue weighted by Crippen LogP contribution is -2.36. The minimum atomic E-state index is -0.0120. The van der Waals surface area contributed by atoms with Crippen LogP contribution < -0.4 is 10.6 Å². The highest BCUT2D eigenvalue weighted by Crippen LogP contribution is 2.47. The highest BCUT2D eigenvalue weighted by atomic mass is 32.1. The van der Waals surface area contributed by atoms with E-state index in [2.05, 4.69) is 191 Å². The van der Waals surface area contributed by atoms with Crippen LogP contribution in [0.3, 0.4) is 0 Å². The van der Waals surface area contributed by atoms with Gasteiger partial charge in [-0.25, -0.2) is 0 Å². The van der Waals surface area contributed by atoms with Crippen LogP contribution >= 0.6 is 34.0 Å². The van der Waals surface area contributed by atoms with Crippen LogP contribution in [-0.2, 0) is 0 Å². The third-order valence-corrected chi connectivity index (χ3v) is 15.5. The van der Waals surface area contributed by atoms with Gasteiger partial charge in [0.25, 0.3) is 0 Å². The highest BCUT2D eigenvalue weighted by Gasteiger charge is 2.31. The predicted octanol–water partition coefficient (Wildman–Crippen LogP) is 15.2. The molecule has 0 saturated heterocycles. The number of fused-ring (bicyclic) bond motifs is 12. The fraction of sp³-hybridized carbons (Fsp3) is 0.0385. The van der Waals surface area contributed by atoms with Gasteiger partial charge in [-0.05, 0) is 82.2 Å². The lowest BCUT2D eigenvalue weighted by Gasteiger charge is -2.33. The van der Waals surface area contributed by atoms with Crippen molar-refractivity contribution in [1.82, 2.24) is 9.88 Å². The molecule has 0 fully saturated rings. The minimum absolute atomic E-state index is 0.0120. The summed E-state index contributed by atoms with van der Waals surface area (Å²) in [6.45, 7) is 0. The van der Waals surface area contributed by atoms with E-state index in [9.17, 15) is 0 Å². The van der Waals surface area contributed by atoms with Crippen molar-refractivity contribution >= 4 is 111 Å². The van der Waals surface area contributed by atoms with Crippen LogP contribution in [0.2, 0.25) is 0 Å². The number of hydrogen-bond donors (Lipinski definition) is 2. The van der Waals surface area contributed by atoms with Crippen LogP contribution in [-0.4, -0.2) is 4.57 Å². The molecule has 2 N–H and O–H groups in total. The van der Waals surface area contributed by atoms with Gasteiger partial charge in [0.2, 0.25) is 0 Å². The van der Waals surface area contributed by atoms with E-state index in [1.54, 1.807) is 0 Å². The Bertz CT molecular complexity index is 3550. The summed E-state index contributed by atoms with van der Waals surface area (Å²) in [5.74, 6) is 0. The van der Waals surface area contributed by atoms with Crippen molar-refractivity contribution in [2.75, 3.05) is 5.32 Å². The Labute approximate surface area is 346 Å². The van der Waals surface area contributed by atoms with Crippen LogP contribution in [0, 0.1) is 0 Å². The van der Waals surface area contributed by atoms with Gasteiger partial charge in [0, 0.05) is 67.1 Å². The molecule has 274 valence electrons. The molecule has 58 heavy (non-hydrogen) atoms. The van der Waals surface area contributed by atoms with Gasteiger partial charge in [-0.2, -0.15) is 0 Å². The Kier molecular flexibility index (Phi) is 7.12. The van der Waals surface area contributed by atoms with Gasteiger partial charge in [-0.3, -0.25) is 5.32 Å². The number of thiophene rings is 3. The van der Waals surface area contributed by atoms with E-state index in [1.165, 1.54) is 111 Å². The van der Waals surface area contributed by atoms with Gasteiger partial charge in [-0.1, -0.05) is 121 Å². The maximum absolute atomic E-state index is 4.00. The van der Waals surface area contributed by atoms with E-state index >= 15 is 0 Å². The molecule has 0 bridgehead atoms. The van der Waals surface area contributed by atoms with Gasteiger partial charge < -0.3 is 9.88 Å². The molecule has 12 aromatic rings. The smallest absolute Gasteiger partial charge is 0.105 e. The molecular formula is C52H33N3S3. The maximum atomic E-state index is 4.00. The van der Waals surface area contributed by atoms with Crippen molar-refractivity contribution in [2.24, 2.45) is 0 Å². The largest absolute Gasteiger partial charge is 0.357 e. The van der Waals surface area contributed by atoms with Crippen molar-refractivity contribution in [3.63, 3.8) is 0 Å². The predicted molar refractivity (Wildman–Crippen MR) is 252 cm³/mol. The highest BCUT2D eigenvalue weighted by molar-refractivity contribution is 7.26. The molecular weight excluding hydrogens is 763 g/mol. The molecule has 8 aromatic carbocycles. The number of rotatable bonds is 4. The van der Waals surface area contributed by atoms with Gasteiger partial charge >= 0.3 is 0 Å². The first kappa shape index (κ1) is 32.8. The lowest BCUT2D eigenvalue weighted by atomic mass is 9.94. The second kappa shape index (κ2) is 12.6. The van der Waals surface area contributed by atoms with Crippen molar-refractivity contribution < 1.29 is 0 Å². The molecule has 5 heterocycles. The molecule has 1 aliphatic heterocycles. The molecule has 0 saturated carbocycles. The quantitative estimate of drug-likeness (QED) is 0.186. The third-order valence-electron chi connectivity index (χ3n) is 12.1. The summed E-state index contributed by atoms with van der Waals surface area (Å²) in [7, 11) is 0. The number of aromatic nitrogens is 1. The zero-order valence-electron chi connectivity index (χ0n) is 31.1. The van der Waals surface area contributed by atoms with Gasteiger partial charge in [0.15, 0.2) is 0 Å². The fourth-order valence-corrected chi connectivity index (χ4v) is 12.9. The number of anilines is 1. The molecule has 2 atom stereocenters. The molecule has 6 heteroatoms. The number of nitrogens with one attached hydrogen (secondary N) is 2. The molecule has 4 aromatic heterocycles. The number of para-hydroxylation sites is 2. The molecule has 2 unspecified atom stereocenters. The van der Waals surface area contributed by atoms with E-state index in [4.69, 9.17) is 0 Å². The van der Waals surface area contributed by atoms with E-state index in [0.29, 0.717) is 0 Å². The topological polar surface area (TPSA) is 29.0 Å². The average molecular weight is 796 g/mol. The Hall–Kier alpha value is -6.28. The summed E-state index contributed by atoms with van der Waals surface area (Å²) in [6.07, 6.45) is -0.0120. The lowest BCUT2D eigenvalue weighted by molar-refractivity contribution is 0.512. The van der Waals surface area contributed by atoms with E-state index in [-0.39, 0.29) is 12.2 Å². The second-order valence-corrected chi connectivity index (χ2v) is 18.6. The van der Waals surface area contributed by atoms with Crippen molar-refractivity contribution in [1.29, 1.82) is 0 Å². The summed E-state index contributed by atoms with van der Waals surface area (Å²) >= 11 is 5.63. The van der Waals surface area contributed by atoms with Crippen LogP contribution in [0.4, 0.5) is 5.00 Å². The SMILES string of the molecule is c1ccc(C2NC(c3ccc4c(c3)sc3ccc(-c5ccc6c(c5)sc5cc(-n7c8ccccc8c8ccccc87)ccc56)cc34)Nc3sc4ccccc4c32)cc1. The summed E-state index contributed by atoms with van der Waals surface area (Å²) in [4.78, 5) is 0. The molecule has 3 nitrogen and oxygen atoms in total. The fourth-order valence-electron chi connectivity index (χ4n) is 9.41. The van der Waals surface area contributed by atoms with Crippen molar-refractivity contribution in [2.45, 2.75) is 12.2 Å². The minimum Gasteiger partial charge on any atom is -0.357 e. The molecule has 0 aliphatic carbocycles. The summed E-state index contributed by atoms with van der Waals surface area (Å²) < 4.78 is 8.97. The Morgan fingerprint density at radius 2 is 1.00 bits per heavy atom. The van der Waals surface area contributed by atoms with E-state index in [1.807, 2.05) is 34.0 Å². The van der Waals surface area contributed by atoms with Crippen LogP contribution in [0.1, 0.15) is 28.9 Å². The molecule has 13 rings (SSSR count). The number of benzene rings is 8. The van der Waals surface area contributed by atoms with Crippen LogP contribution in [0.5, 0.6) is 0 Å². The zero-order valence-corrected chi connectivity index (χ0v) is 33.5. The first-order valence-electron chi connectivity index (χ1n) is 19.7. The van der Waals surface area contributed by atoms with Crippen molar-refractivity contribution in [3.05, 3.63) is 193 Å². The molecule has 0 radical (unpaired) electrons.